The van der Waals surface area contributed by atoms with Crippen molar-refractivity contribution in [1.82, 2.24) is 20.7 Å². The molecule has 7 rings (SSSR count). The predicted octanol–water partition coefficient (Wildman–Crippen LogP) is 3.35. The number of rotatable bonds is 6. The Labute approximate surface area is 252 Å². The summed E-state index contributed by atoms with van der Waals surface area (Å²) in [5.41, 5.74) is 7.20. The first-order valence-corrected chi connectivity index (χ1v) is 14.7. The first-order chi connectivity index (χ1) is 21.1. The fourth-order valence-corrected chi connectivity index (χ4v) is 6.60. The highest BCUT2D eigenvalue weighted by Gasteiger charge is 2.58. The summed E-state index contributed by atoms with van der Waals surface area (Å²) in [6.45, 7) is 4.68. The molecule has 5 aliphatic heterocycles. The van der Waals surface area contributed by atoms with Crippen LogP contribution in [0.2, 0.25) is 0 Å². The zero-order valence-corrected chi connectivity index (χ0v) is 24.2. The number of nitrogens with one attached hydrogen (secondary N) is 4. The first-order valence-electron chi connectivity index (χ1n) is 14.7. The van der Waals surface area contributed by atoms with Gasteiger partial charge in [0.25, 0.3) is 0 Å². The molecule has 2 aromatic rings. The van der Waals surface area contributed by atoms with Crippen molar-refractivity contribution < 1.29 is 22.7 Å². The number of carbonyl (C=O) groups excluding carboxylic acids is 1. The monoisotopic (exact) mass is 609 g/mol. The zero-order valence-electron chi connectivity index (χ0n) is 24.2. The minimum atomic E-state index is -4.48. The van der Waals surface area contributed by atoms with Crippen molar-refractivity contribution in [3.63, 3.8) is 0 Å². The highest BCUT2D eigenvalue weighted by atomic mass is 19.4. The van der Waals surface area contributed by atoms with Crippen LogP contribution in [-0.2, 0) is 4.74 Å². The minimum Gasteiger partial charge on any atom is -0.375 e. The number of amides is 2. The lowest BCUT2D eigenvalue weighted by atomic mass is 9.91. The van der Waals surface area contributed by atoms with Gasteiger partial charge in [0, 0.05) is 67.6 Å². The van der Waals surface area contributed by atoms with Gasteiger partial charge in [-0.2, -0.15) is 13.2 Å². The number of carbonyl (C=O) groups is 1. The Morgan fingerprint density at radius 2 is 1.73 bits per heavy atom. The topological polar surface area (TPSA) is 109 Å². The van der Waals surface area contributed by atoms with Crippen molar-refractivity contribution in [3.8, 4) is 0 Å². The van der Waals surface area contributed by atoms with Gasteiger partial charge in [-0.1, -0.05) is 0 Å². The molecule has 232 valence electrons. The van der Waals surface area contributed by atoms with Crippen molar-refractivity contribution in [2.45, 2.75) is 36.8 Å². The van der Waals surface area contributed by atoms with E-state index in [-0.39, 0.29) is 18.0 Å². The first kappa shape index (κ1) is 28.6. The molecule has 5 aliphatic rings. The van der Waals surface area contributed by atoms with Gasteiger partial charge in [0.15, 0.2) is 17.3 Å². The quantitative estimate of drug-likeness (QED) is 0.398. The fraction of sp³-hybridized carbons (Fsp3) is 0.433. The Kier molecular flexibility index (Phi) is 7.22. The van der Waals surface area contributed by atoms with Gasteiger partial charge in [-0.3, -0.25) is 10.3 Å². The molecule has 14 heteroatoms. The lowest BCUT2D eigenvalue weighted by Gasteiger charge is -2.45. The molecule has 5 heterocycles. The van der Waals surface area contributed by atoms with Crippen molar-refractivity contribution in [2.24, 2.45) is 9.98 Å². The second-order valence-corrected chi connectivity index (χ2v) is 11.8. The van der Waals surface area contributed by atoms with Crippen LogP contribution in [0.15, 0.2) is 70.3 Å². The standard InChI is InChI=1S/C30H34F3N9O2/c1-40-10-12-41(13-11-40)22-8-6-21(7-9-22)36-28(43)35-20-4-2-19(3-5-20)26-37-27-25(15-34-39-27)29(38-26,18-30(31,32)33)42-16-24-14-23(42)17-44-24/h2-9,15,23-24H,10-14,16-18H2,1H3,(H2,35,36,43)(H2,34,37,38,39)/t23-,24-,29?/m1/s1. The molecule has 4 N–H and O–H groups in total. The number of anilines is 3. The summed E-state index contributed by atoms with van der Waals surface area (Å²) >= 11 is 0. The number of urea groups is 1. The summed E-state index contributed by atoms with van der Waals surface area (Å²) in [6, 6.07) is 13.9. The van der Waals surface area contributed by atoms with E-state index in [2.05, 4.69) is 43.3 Å². The second-order valence-electron chi connectivity index (χ2n) is 11.8. The number of fused-ring (bicyclic) bond motifs is 3. The van der Waals surface area contributed by atoms with Gasteiger partial charge in [-0.15, -0.1) is 0 Å². The summed E-state index contributed by atoms with van der Waals surface area (Å²) < 4.78 is 48.1. The number of hydrazine groups is 1. The second kappa shape index (κ2) is 11.1. The third-order valence-electron chi connectivity index (χ3n) is 8.82. The average Bonchev–Trinajstić information content (AvgIpc) is 3.76. The van der Waals surface area contributed by atoms with Crippen LogP contribution in [0, 0.1) is 0 Å². The van der Waals surface area contributed by atoms with Gasteiger partial charge in [-0.05, 0) is 62.0 Å². The molecule has 3 fully saturated rings. The third kappa shape index (κ3) is 5.60. The Bertz CT molecular complexity index is 1500. The number of morpholine rings is 1. The lowest BCUT2D eigenvalue weighted by molar-refractivity contribution is -0.162. The molecule has 2 bridgehead atoms. The smallest absolute Gasteiger partial charge is 0.375 e. The fourth-order valence-electron chi connectivity index (χ4n) is 6.60. The molecule has 2 amide bonds. The van der Waals surface area contributed by atoms with E-state index < -0.39 is 24.3 Å². The number of benzene rings is 2. The van der Waals surface area contributed by atoms with E-state index in [9.17, 15) is 18.0 Å². The van der Waals surface area contributed by atoms with Crippen molar-refractivity contribution in [3.05, 3.63) is 65.9 Å². The maximum Gasteiger partial charge on any atom is 0.393 e. The summed E-state index contributed by atoms with van der Waals surface area (Å²) in [6.07, 6.45) is -3.55. The number of hydrogen-bond donors (Lipinski definition) is 4. The van der Waals surface area contributed by atoms with E-state index in [0.717, 1.165) is 31.9 Å². The minimum absolute atomic E-state index is 0.111. The van der Waals surface area contributed by atoms with E-state index >= 15 is 0 Å². The lowest BCUT2D eigenvalue weighted by Crippen LogP contribution is -2.59. The number of likely N-dealkylation sites (tertiary alicyclic amines) is 1. The summed E-state index contributed by atoms with van der Waals surface area (Å²) in [7, 11) is 2.12. The average molecular weight is 610 g/mol. The normalized spacial score (nSPS) is 26.7. The number of aliphatic imine (C=N–C) groups is 2. The van der Waals surface area contributed by atoms with E-state index in [1.54, 1.807) is 24.3 Å². The summed E-state index contributed by atoms with van der Waals surface area (Å²) in [5, 5.41) is 5.65. The molecular formula is C30H34F3N9O2. The largest absolute Gasteiger partial charge is 0.393 e. The molecular weight excluding hydrogens is 575 g/mol. The number of alkyl halides is 3. The number of piperazine rings is 1. The van der Waals surface area contributed by atoms with E-state index in [1.165, 1.54) is 6.20 Å². The van der Waals surface area contributed by atoms with Crippen LogP contribution in [-0.4, -0.2) is 97.9 Å². The molecule has 0 radical (unpaired) electrons. The number of halogens is 3. The maximum absolute atomic E-state index is 14.1. The highest BCUT2D eigenvalue weighted by molar-refractivity contribution is 6.15. The van der Waals surface area contributed by atoms with Gasteiger partial charge in [0.1, 0.15) is 0 Å². The molecule has 11 nitrogen and oxygen atoms in total. The predicted molar refractivity (Wildman–Crippen MR) is 162 cm³/mol. The number of hydrogen-bond acceptors (Lipinski definition) is 9. The molecule has 3 atom stereocenters. The van der Waals surface area contributed by atoms with Gasteiger partial charge in [-0.25, -0.2) is 14.8 Å². The van der Waals surface area contributed by atoms with Crippen LogP contribution in [0.3, 0.4) is 0 Å². The molecule has 0 aromatic heterocycles. The van der Waals surface area contributed by atoms with Crippen molar-refractivity contribution in [2.75, 3.05) is 61.9 Å². The van der Waals surface area contributed by atoms with Crippen LogP contribution in [0.5, 0.6) is 0 Å². The van der Waals surface area contributed by atoms with Crippen LogP contribution < -0.4 is 26.4 Å². The van der Waals surface area contributed by atoms with Crippen molar-refractivity contribution in [1.29, 1.82) is 0 Å². The van der Waals surface area contributed by atoms with Crippen LogP contribution in [0.4, 0.5) is 35.0 Å². The summed E-state index contributed by atoms with van der Waals surface area (Å²) in [5.74, 6) is 0.487. The Morgan fingerprint density at radius 1 is 1.05 bits per heavy atom. The molecule has 3 saturated heterocycles. The molecule has 2 aromatic carbocycles. The third-order valence-corrected chi connectivity index (χ3v) is 8.82. The molecule has 0 saturated carbocycles. The molecule has 0 spiro atoms. The number of nitrogens with zero attached hydrogens (tertiary/aromatic N) is 5. The molecule has 44 heavy (non-hydrogen) atoms. The maximum atomic E-state index is 14.1. The van der Waals surface area contributed by atoms with E-state index in [1.807, 2.05) is 29.2 Å². The van der Waals surface area contributed by atoms with Gasteiger partial charge in [0.2, 0.25) is 0 Å². The molecule has 0 aliphatic carbocycles. The molecule has 1 unspecified atom stereocenters. The number of ether oxygens (including phenoxy) is 1. The van der Waals surface area contributed by atoms with Gasteiger partial charge in [0.05, 0.1) is 24.7 Å². The van der Waals surface area contributed by atoms with Crippen LogP contribution in [0.25, 0.3) is 0 Å². The SMILES string of the molecule is CN1CCN(c2ccc(NC(=O)Nc3ccc(C4=NC(CC(F)(F)F)(N5C[C@H]6C[C@@H]5CO6)C5=CNNC5=N4)cc3)cc2)CC1. The zero-order chi connectivity index (χ0) is 30.5. The Hall–Kier alpha value is -4.14. The van der Waals surface area contributed by atoms with Crippen molar-refractivity contribution >= 4 is 34.8 Å². The number of likely N-dealkylation sites (N-methyl/N-ethyl adjacent to an activating group) is 1. The van der Waals surface area contributed by atoms with E-state index in [4.69, 9.17) is 9.73 Å². The van der Waals surface area contributed by atoms with Crippen LogP contribution >= 0.6 is 0 Å². The Balaban J connectivity index is 1.06. The van der Waals surface area contributed by atoms with Crippen LogP contribution in [0.1, 0.15) is 18.4 Å². The highest BCUT2D eigenvalue weighted by Crippen LogP contribution is 2.46. The number of amidine groups is 2. The van der Waals surface area contributed by atoms with Gasteiger partial charge >= 0.3 is 12.2 Å². The Morgan fingerprint density at radius 3 is 2.34 bits per heavy atom. The van der Waals surface area contributed by atoms with Gasteiger partial charge < -0.3 is 30.6 Å². The van der Waals surface area contributed by atoms with E-state index in [0.29, 0.717) is 47.9 Å². The summed E-state index contributed by atoms with van der Waals surface area (Å²) in [4.78, 5) is 28.4.